The second-order valence-electron chi connectivity index (χ2n) is 3.19. The Balaban J connectivity index is 2.69. The van der Waals surface area contributed by atoms with Crippen molar-refractivity contribution in [2.45, 2.75) is 6.92 Å². The van der Waals surface area contributed by atoms with Crippen LogP contribution in [0.5, 0.6) is 0 Å². The highest BCUT2D eigenvalue weighted by Crippen LogP contribution is 2.18. The number of nitrogens with zero attached hydrogens (tertiary/aromatic N) is 1. The quantitative estimate of drug-likeness (QED) is 0.741. The van der Waals surface area contributed by atoms with Gasteiger partial charge in [0.2, 0.25) is 0 Å². The first-order chi connectivity index (χ1) is 7.09. The minimum atomic E-state index is -0.496. The summed E-state index contributed by atoms with van der Waals surface area (Å²) in [5.74, 6) is -0.945. The van der Waals surface area contributed by atoms with Gasteiger partial charge in [-0.25, -0.2) is 8.78 Å². The summed E-state index contributed by atoms with van der Waals surface area (Å²) in [6.45, 7) is 1.51. The third kappa shape index (κ3) is 1.70. The molecule has 0 saturated carbocycles. The van der Waals surface area contributed by atoms with Crippen molar-refractivity contribution in [2.75, 3.05) is 0 Å². The summed E-state index contributed by atoms with van der Waals surface area (Å²) in [7, 11) is 0. The molecule has 0 aliphatic rings. The van der Waals surface area contributed by atoms with Crippen LogP contribution in [0.4, 0.5) is 8.78 Å². The molecule has 2 aromatic rings. The van der Waals surface area contributed by atoms with Gasteiger partial charge in [0.05, 0.1) is 5.69 Å². The van der Waals surface area contributed by atoms with Gasteiger partial charge in [0.25, 0.3) is 0 Å². The van der Waals surface area contributed by atoms with Crippen LogP contribution in [0.1, 0.15) is 5.56 Å². The van der Waals surface area contributed by atoms with Crippen molar-refractivity contribution >= 4 is 12.2 Å². The third-order valence-electron chi connectivity index (χ3n) is 2.14. The van der Waals surface area contributed by atoms with E-state index in [1.807, 2.05) is 0 Å². The molecule has 1 heterocycles. The van der Waals surface area contributed by atoms with E-state index in [0.29, 0.717) is 4.77 Å². The van der Waals surface area contributed by atoms with Crippen molar-refractivity contribution in [3.05, 3.63) is 46.5 Å². The normalized spacial score (nSPS) is 10.6. The van der Waals surface area contributed by atoms with E-state index in [0.717, 1.165) is 12.1 Å². The predicted molar refractivity (Wildman–Crippen MR) is 55.6 cm³/mol. The molecule has 0 radical (unpaired) electrons. The number of imidazole rings is 1. The topological polar surface area (TPSA) is 20.7 Å². The fraction of sp³-hybridized carbons (Fsp3) is 0.100. The van der Waals surface area contributed by atoms with Gasteiger partial charge in [-0.15, -0.1) is 0 Å². The molecule has 1 aromatic heterocycles. The molecule has 0 bridgehead atoms. The van der Waals surface area contributed by atoms with Crippen LogP contribution in [0, 0.1) is 23.3 Å². The zero-order valence-corrected chi connectivity index (χ0v) is 8.74. The fourth-order valence-electron chi connectivity index (χ4n) is 1.33. The number of aromatic amines is 1. The molecule has 1 N–H and O–H groups in total. The van der Waals surface area contributed by atoms with Crippen LogP contribution in [0.3, 0.4) is 0 Å². The third-order valence-corrected chi connectivity index (χ3v) is 2.45. The van der Waals surface area contributed by atoms with Gasteiger partial charge < -0.3 is 4.98 Å². The van der Waals surface area contributed by atoms with E-state index in [-0.39, 0.29) is 11.3 Å². The Labute approximate surface area is 90.2 Å². The van der Waals surface area contributed by atoms with Crippen molar-refractivity contribution < 1.29 is 8.78 Å². The summed E-state index contributed by atoms with van der Waals surface area (Å²) in [6, 6.07) is 2.29. The lowest BCUT2D eigenvalue weighted by Crippen LogP contribution is -1.99. The van der Waals surface area contributed by atoms with Gasteiger partial charge in [0, 0.05) is 18.5 Å². The number of H-pyrrole nitrogens is 1. The van der Waals surface area contributed by atoms with E-state index in [2.05, 4.69) is 4.98 Å². The zero-order chi connectivity index (χ0) is 11.0. The Hall–Kier alpha value is -1.49. The highest BCUT2D eigenvalue weighted by Gasteiger charge is 2.09. The van der Waals surface area contributed by atoms with Crippen LogP contribution >= 0.6 is 12.2 Å². The molecule has 0 fully saturated rings. The Morgan fingerprint density at radius 3 is 2.60 bits per heavy atom. The van der Waals surface area contributed by atoms with Crippen LogP contribution in [0.15, 0.2) is 24.5 Å². The SMILES string of the molecule is Cc1cc(F)c(-n2cc[nH]c2=S)cc1F. The Morgan fingerprint density at radius 1 is 1.27 bits per heavy atom. The molecule has 15 heavy (non-hydrogen) atoms. The smallest absolute Gasteiger partial charge is 0.181 e. The Bertz CT molecular complexity index is 557. The van der Waals surface area contributed by atoms with E-state index < -0.39 is 11.6 Å². The Kier molecular flexibility index (Phi) is 2.40. The average Bonchev–Trinajstić information content (AvgIpc) is 2.58. The zero-order valence-electron chi connectivity index (χ0n) is 7.92. The molecule has 0 aliphatic heterocycles. The lowest BCUT2D eigenvalue weighted by atomic mass is 10.2. The van der Waals surface area contributed by atoms with E-state index in [1.165, 1.54) is 11.5 Å². The number of nitrogens with one attached hydrogen (secondary N) is 1. The van der Waals surface area contributed by atoms with Crippen LogP contribution < -0.4 is 0 Å². The number of aryl methyl sites for hydroxylation is 1. The molecule has 0 saturated heterocycles. The molecule has 0 unspecified atom stereocenters. The maximum absolute atomic E-state index is 13.5. The largest absolute Gasteiger partial charge is 0.337 e. The molecule has 2 nitrogen and oxygen atoms in total. The molecule has 0 spiro atoms. The van der Waals surface area contributed by atoms with Crippen molar-refractivity contribution in [3.8, 4) is 5.69 Å². The Morgan fingerprint density at radius 2 is 2.00 bits per heavy atom. The molecular formula is C10H8F2N2S. The summed E-state index contributed by atoms with van der Waals surface area (Å²) >= 11 is 4.92. The summed E-state index contributed by atoms with van der Waals surface area (Å²) in [5.41, 5.74) is 0.391. The minimum Gasteiger partial charge on any atom is -0.337 e. The average molecular weight is 226 g/mol. The second kappa shape index (κ2) is 3.58. The van der Waals surface area contributed by atoms with E-state index in [4.69, 9.17) is 12.2 Å². The number of aromatic nitrogens is 2. The first-order valence-corrected chi connectivity index (χ1v) is 4.72. The van der Waals surface area contributed by atoms with Crippen LogP contribution in [0.25, 0.3) is 5.69 Å². The first-order valence-electron chi connectivity index (χ1n) is 4.31. The lowest BCUT2D eigenvalue weighted by molar-refractivity contribution is 0.585. The van der Waals surface area contributed by atoms with Gasteiger partial charge in [-0.05, 0) is 30.8 Å². The lowest BCUT2D eigenvalue weighted by Gasteiger charge is -2.05. The van der Waals surface area contributed by atoms with Gasteiger partial charge in [-0.3, -0.25) is 4.57 Å². The van der Waals surface area contributed by atoms with Crippen LogP contribution in [-0.2, 0) is 0 Å². The molecule has 0 atom stereocenters. The number of halogens is 2. The summed E-state index contributed by atoms with van der Waals surface area (Å²) < 4.78 is 28.5. The molecule has 5 heteroatoms. The molecular weight excluding hydrogens is 218 g/mol. The molecule has 0 aliphatic carbocycles. The number of benzene rings is 1. The van der Waals surface area contributed by atoms with Gasteiger partial charge in [0.15, 0.2) is 4.77 Å². The maximum atomic E-state index is 13.5. The molecule has 2 rings (SSSR count). The van der Waals surface area contributed by atoms with Crippen LogP contribution in [0.2, 0.25) is 0 Å². The highest BCUT2D eigenvalue weighted by atomic mass is 32.1. The van der Waals surface area contributed by atoms with Crippen molar-refractivity contribution in [3.63, 3.8) is 0 Å². The predicted octanol–water partition coefficient (Wildman–Crippen LogP) is 3.12. The van der Waals surface area contributed by atoms with Gasteiger partial charge >= 0.3 is 0 Å². The van der Waals surface area contributed by atoms with E-state index in [1.54, 1.807) is 12.4 Å². The van der Waals surface area contributed by atoms with Crippen molar-refractivity contribution in [1.82, 2.24) is 9.55 Å². The fourth-order valence-corrected chi connectivity index (χ4v) is 1.56. The molecule has 0 amide bonds. The summed E-state index contributed by atoms with van der Waals surface area (Å²) in [6.07, 6.45) is 3.12. The number of hydrogen-bond acceptors (Lipinski definition) is 1. The second-order valence-corrected chi connectivity index (χ2v) is 3.57. The molecule has 1 aromatic carbocycles. The van der Waals surface area contributed by atoms with Crippen molar-refractivity contribution in [1.29, 1.82) is 0 Å². The van der Waals surface area contributed by atoms with Gasteiger partial charge in [0.1, 0.15) is 11.6 Å². The maximum Gasteiger partial charge on any atom is 0.181 e. The standard InChI is InChI=1S/C10H8F2N2S/c1-6-4-8(12)9(5-7(6)11)14-3-2-13-10(14)15/h2-5H,1H3,(H,13,15). The van der Waals surface area contributed by atoms with Crippen molar-refractivity contribution in [2.24, 2.45) is 0 Å². The van der Waals surface area contributed by atoms with E-state index >= 15 is 0 Å². The highest BCUT2D eigenvalue weighted by molar-refractivity contribution is 7.71. The van der Waals surface area contributed by atoms with Crippen LogP contribution in [-0.4, -0.2) is 9.55 Å². The minimum absolute atomic E-state index is 0.115. The molecule has 78 valence electrons. The summed E-state index contributed by atoms with van der Waals surface area (Å²) in [4.78, 5) is 2.72. The van der Waals surface area contributed by atoms with E-state index in [9.17, 15) is 8.78 Å². The number of hydrogen-bond donors (Lipinski definition) is 1. The monoisotopic (exact) mass is 226 g/mol. The number of rotatable bonds is 1. The van der Waals surface area contributed by atoms with Gasteiger partial charge in [-0.1, -0.05) is 0 Å². The first kappa shape index (κ1) is 10.0. The summed E-state index contributed by atoms with van der Waals surface area (Å²) in [5, 5.41) is 0. The van der Waals surface area contributed by atoms with Gasteiger partial charge in [-0.2, -0.15) is 0 Å².